The molecule has 1 saturated carbocycles. The van der Waals surface area contributed by atoms with Crippen LogP contribution in [-0.4, -0.2) is 43.1 Å². The van der Waals surface area contributed by atoms with E-state index in [0.717, 1.165) is 17.6 Å². The summed E-state index contributed by atoms with van der Waals surface area (Å²) in [5, 5.41) is 15.5. The molecule has 1 aromatic carbocycles. The summed E-state index contributed by atoms with van der Waals surface area (Å²) in [5.74, 6) is 0.237. The molecule has 0 atom stereocenters. The first-order valence-electron chi connectivity index (χ1n) is 13.3. The Morgan fingerprint density at radius 2 is 2.02 bits per heavy atom. The van der Waals surface area contributed by atoms with Gasteiger partial charge in [0, 0.05) is 36.3 Å². The number of hydrogen-bond acceptors (Lipinski definition) is 8. The van der Waals surface area contributed by atoms with Crippen LogP contribution in [0.25, 0.3) is 16.9 Å². The topological polar surface area (TPSA) is 123 Å². The Morgan fingerprint density at radius 1 is 1.22 bits per heavy atom. The van der Waals surface area contributed by atoms with Gasteiger partial charge in [0.1, 0.15) is 18.0 Å². The molecule has 1 aliphatic carbocycles. The van der Waals surface area contributed by atoms with Gasteiger partial charge in [-0.3, -0.25) is 4.79 Å². The predicted molar refractivity (Wildman–Crippen MR) is 144 cm³/mol. The Hall–Kier alpha value is -4.44. The number of rotatable bonds is 6. The molecule has 212 valence electrons. The van der Waals surface area contributed by atoms with Gasteiger partial charge in [0.2, 0.25) is 11.8 Å². The maximum atomic E-state index is 13.6. The summed E-state index contributed by atoms with van der Waals surface area (Å²) in [7, 11) is 0. The van der Waals surface area contributed by atoms with Crippen molar-refractivity contribution < 1.29 is 17.9 Å². The van der Waals surface area contributed by atoms with Crippen LogP contribution in [0.5, 0.6) is 5.88 Å². The van der Waals surface area contributed by atoms with Crippen molar-refractivity contribution in [2.75, 3.05) is 11.9 Å². The first kappa shape index (κ1) is 26.8. The third-order valence-electron chi connectivity index (χ3n) is 7.49. The van der Waals surface area contributed by atoms with E-state index in [2.05, 4.69) is 45.5 Å². The summed E-state index contributed by atoms with van der Waals surface area (Å²) in [5.41, 5.74) is 1.98. The number of benzene rings is 1. The minimum absolute atomic E-state index is 0.0297. The fourth-order valence-electron chi connectivity index (χ4n) is 5.38. The van der Waals surface area contributed by atoms with Crippen molar-refractivity contribution in [2.24, 2.45) is 5.92 Å². The Kier molecular flexibility index (Phi) is 6.45. The van der Waals surface area contributed by atoms with Crippen LogP contribution in [0, 0.1) is 17.2 Å². The molecule has 13 heteroatoms. The number of ether oxygens (including phenoxy) is 1. The second kappa shape index (κ2) is 9.88. The molecule has 0 radical (unpaired) electrons. The molecule has 0 amide bonds. The zero-order chi connectivity index (χ0) is 28.9. The van der Waals surface area contributed by atoms with Gasteiger partial charge in [0.15, 0.2) is 11.5 Å². The van der Waals surface area contributed by atoms with Crippen molar-refractivity contribution in [1.82, 2.24) is 29.6 Å². The summed E-state index contributed by atoms with van der Waals surface area (Å²) < 4.78 is 48.2. The van der Waals surface area contributed by atoms with Crippen molar-refractivity contribution in [2.45, 2.75) is 57.5 Å². The number of pyridine rings is 1. The zero-order valence-electron chi connectivity index (χ0n) is 22.4. The number of nitrogens with zero attached hydrogens (tertiary/aromatic N) is 6. The van der Waals surface area contributed by atoms with Gasteiger partial charge in [-0.15, -0.1) is 0 Å². The van der Waals surface area contributed by atoms with Gasteiger partial charge >= 0.3 is 6.18 Å². The molecule has 1 fully saturated rings. The predicted octanol–water partition coefficient (Wildman–Crippen LogP) is 4.34. The maximum Gasteiger partial charge on any atom is 0.408 e. The zero-order valence-corrected chi connectivity index (χ0v) is 22.4. The number of nitriles is 1. The van der Waals surface area contributed by atoms with Gasteiger partial charge < -0.3 is 15.4 Å². The van der Waals surface area contributed by atoms with Crippen LogP contribution in [0.15, 0.2) is 47.4 Å². The van der Waals surface area contributed by atoms with Crippen molar-refractivity contribution in [3.05, 3.63) is 64.1 Å². The minimum atomic E-state index is -4.68. The SMILES string of the molecule is CC1(C)NCCc2cc(Nc3ncc4c(=O)n(CC(F)(F)F)n(-c5cccc(OC6CC(C#N)C6)n5)c4n3)ccc21. The Morgan fingerprint density at radius 3 is 2.78 bits per heavy atom. The standard InChI is InChI=1S/C28H27F3N8O2/c1-27(2)21-7-6-18(12-17(21)8-9-34-27)35-26-33-14-20-24(37-26)39(38(25(20)40)15-28(29,30)31)22-4-3-5-23(36-22)41-19-10-16(11-19)13-32/h3-7,12,14,16,19,34H,8-11,15H2,1-2H3,(H,33,35,37). The van der Waals surface area contributed by atoms with Crippen LogP contribution >= 0.6 is 0 Å². The molecular formula is C28H27F3N8O2. The normalized spacial score (nSPS) is 19.7. The summed E-state index contributed by atoms with van der Waals surface area (Å²) in [6.45, 7) is 3.52. The highest BCUT2D eigenvalue weighted by atomic mass is 19.4. The summed E-state index contributed by atoms with van der Waals surface area (Å²) in [4.78, 5) is 26.2. The number of alkyl halides is 3. The monoisotopic (exact) mass is 564 g/mol. The third-order valence-corrected chi connectivity index (χ3v) is 7.49. The van der Waals surface area contributed by atoms with Gasteiger partial charge in [-0.1, -0.05) is 12.1 Å². The fourth-order valence-corrected chi connectivity index (χ4v) is 5.38. The molecule has 3 aromatic heterocycles. The molecule has 2 N–H and O–H groups in total. The second-order valence-electron chi connectivity index (χ2n) is 10.9. The van der Waals surface area contributed by atoms with Gasteiger partial charge in [-0.05, 0) is 56.1 Å². The Labute approximate surface area is 232 Å². The minimum Gasteiger partial charge on any atom is -0.474 e. The average Bonchev–Trinajstić information content (AvgIpc) is 3.15. The summed E-state index contributed by atoms with van der Waals surface area (Å²) >= 11 is 0. The first-order valence-corrected chi connectivity index (χ1v) is 13.3. The van der Waals surface area contributed by atoms with Gasteiger partial charge in [0.05, 0.1) is 12.0 Å². The van der Waals surface area contributed by atoms with E-state index in [0.29, 0.717) is 23.2 Å². The summed E-state index contributed by atoms with van der Waals surface area (Å²) in [6, 6.07) is 12.7. The van der Waals surface area contributed by atoms with Crippen molar-refractivity contribution >= 4 is 22.7 Å². The summed E-state index contributed by atoms with van der Waals surface area (Å²) in [6.07, 6.45) is -1.73. The van der Waals surface area contributed by atoms with Gasteiger partial charge in [-0.2, -0.15) is 28.4 Å². The van der Waals surface area contributed by atoms with E-state index in [1.165, 1.54) is 23.4 Å². The number of aromatic nitrogens is 5. The molecule has 0 bridgehead atoms. The lowest BCUT2D eigenvalue weighted by atomic mass is 9.83. The number of anilines is 2. The van der Waals surface area contributed by atoms with E-state index in [-0.39, 0.29) is 46.2 Å². The fraction of sp³-hybridized carbons (Fsp3) is 0.393. The van der Waals surface area contributed by atoms with E-state index < -0.39 is 18.3 Å². The third kappa shape index (κ3) is 5.22. The first-order chi connectivity index (χ1) is 19.5. The van der Waals surface area contributed by atoms with Crippen molar-refractivity contribution in [3.63, 3.8) is 0 Å². The number of halogens is 3. The van der Waals surface area contributed by atoms with Crippen LogP contribution in [0.2, 0.25) is 0 Å². The second-order valence-corrected chi connectivity index (χ2v) is 10.9. The van der Waals surface area contributed by atoms with E-state index in [4.69, 9.17) is 10.00 Å². The van der Waals surface area contributed by atoms with Gasteiger partial charge in [-0.25, -0.2) is 14.3 Å². The molecule has 6 rings (SSSR count). The molecule has 0 spiro atoms. The highest BCUT2D eigenvalue weighted by molar-refractivity contribution is 5.77. The van der Waals surface area contributed by atoms with Crippen molar-refractivity contribution in [3.8, 4) is 17.8 Å². The highest BCUT2D eigenvalue weighted by Crippen LogP contribution is 2.32. The lowest BCUT2D eigenvalue weighted by Crippen LogP contribution is -2.42. The molecular weight excluding hydrogens is 537 g/mol. The van der Waals surface area contributed by atoms with Crippen LogP contribution in [0.3, 0.4) is 0 Å². The molecule has 4 aromatic rings. The number of nitrogens with one attached hydrogen (secondary N) is 2. The van der Waals surface area contributed by atoms with E-state index in [9.17, 15) is 18.0 Å². The molecule has 4 heterocycles. The van der Waals surface area contributed by atoms with Crippen LogP contribution in [0.4, 0.5) is 24.8 Å². The lowest BCUT2D eigenvalue weighted by molar-refractivity contribution is -0.144. The largest absolute Gasteiger partial charge is 0.474 e. The molecule has 1 aliphatic heterocycles. The van der Waals surface area contributed by atoms with E-state index in [1.807, 2.05) is 18.2 Å². The van der Waals surface area contributed by atoms with Crippen molar-refractivity contribution in [1.29, 1.82) is 5.26 Å². The molecule has 10 nitrogen and oxygen atoms in total. The maximum absolute atomic E-state index is 13.6. The van der Waals surface area contributed by atoms with Gasteiger partial charge in [0.25, 0.3) is 5.56 Å². The molecule has 0 unspecified atom stereocenters. The number of fused-ring (bicyclic) bond motifs is 2. The average molecular weight is 565 g/mol. The van der Waals surface area contributed by atoms with E-state index >= 15 is 0 Å². The van der Waals surface area contributed by atoms with Crippen LogP contribution in [-0.2, 0) is 18.5 Å². The smallest absolute Gasteiger partial charge is 0.408 e. The van der Waals surface area contributed by atoms with Crippen LogP contribution < -0.4 is 20.9 Å². The van der Waals surface area contributed by atoms with E-state index in [1.54, 1.807) is 12.1 Å². The molecule has 2 aliphatic rings. The quantitative estimate of drug-likeness (QED) is 0.355. The Balaban J connectivity index is 1.39. The Bertz CT molecular complexity index is 1730. The highest BCUT2D eigenvalue weighted by Gasteiger charge is 2.33. The van der Waals surface area contributed by atoms with Crippen LogP contribution in [0.1, 0.15) is 37.8 Å². The molecule has 41 heavy (non-hydrogen) atoms. The molecule has 0 saturated heterocycles. The number of hydrogen-bond donors (Lipinski definition) is 2. The lowest BCUT2D eigenvalue weighted by Gasteiger charge is -2.34.